The smallest absolute Gasteiger partial charge is 0.270 e. The molecule has 1 aliphatic heterocycles. The summed E-state index contributed by atoms with van der Waals surface area (Å²) in [6.45, 7) is 1.06. The highest BCUT2D eigenvalue weighted by atomic mass is 16.6. The number of amides is 1. The Balaban J connectivity index is 1.52. The number of carbonyl (C=O) groups excluding carboxylic acids is 1. The summed E-state index contributed by atoms with van der Waals surface area (Å²) in [7, 11) is 0. The third-order valence-corrected chi connectivity index (χ3v) is 4.89. The number of hydrogen-bond donors (Lipinski definition) is 2. The minimum atomic E-state index is -0.240. The van der Waals surface area contributed by atoms with Gasteiger partial charge in [0.1, 0.15) is 13.2 Å². The highest BCUT2D eigenvalue weighted by molar-refractivity contribution is 6.07. The molecule has 0 bridgehead atoms. The van der Waals surface area contributed by atoms with E-state index in [-0.39, 0.29) is 5.91 Å². The van der Waals surface area contributed by atoms with Crippen molar-refractivity contribution >= 4 is 22.5 Å². The highest BCUT2D eigenvalue weighted by Crippen LogP contribution is 2.35. The second-order valence-electron chi connectivity index (χ2n) is 6.88. The van der Waals surface area contributed by atoms with Crippen LogP contribution < -0.4 is 20.3 Å². The molecule has 3 aromatic carbocycles. The fourth-order valence-electron chi connectivity index (χ4n) is 3.43. The van der Waals surface area contributed by atoms with E-state index in [1.165, 1.54) is 0 Å². The van der Waals surface area contributed by atoms with E-state index in [1.807, 2.05) is 72.8 Å². The predicted molar refractivity (Wildman–Crippen MR) is 116 cm³/mol. The minimum Gasteiger partial charge on any atom is -0.486 e. The van der Waals surface area contributed by atoms with Crippen molar-refractivity contribution in [1.82, 2.24) is 10.4 Å². The Bertz CT molecular complexity index is 1230. The van der Waals surface area contributed by atoms with Crippen molar-refractivity contribution in [1.29, 1.82) is 0 Å². The lowest BCUT2D eigenvalue weighted by Crippen LogP contribution is -2.29. The number of nitrogens with one attached hydrogen (secondary N) is 2. The Hall–Kier alpha value is -4.06. The molecule has 2 heterocycles. The summed E-state index contributed by atoms with van der Waals surface area (Å²) < 4.78 is 11.3. The maximum atomic E-state index is 13.0. The molecule has 0 fully saturated rings. The van der Waals surface area contributed by atoms with Gasteiger partial charge in [0.15, 0.2) is 11.5 Å². The fraction of sp³-hybridized carbons (Fsp3) is 0.0833. The molecule has 6 heteroatoms. The zero-order valence-corrected chi connectivity index (χ0v) is 16.1. The van der Waals surface area contributed by atoms with Crippen LogP contribution in [0.25, 0.3) is 22.2 Å². The number of ether oxygens (including phenoxy) is 2. The van der Waals surface area contributed by atoms with Crippen LogP contribution in [-0.4, -0.2) is 24.1 Å². The van der Waals surface area contributed by atoms with Crippen LogP contribution in [0.3, 0.4) is 0 Å². The summed E-state index contributed by atoms with van der Waals surface area (Å²) in [5.41, 5.74) is 9.36. The third kappa shape index (κ3) is 3.51. The molecule has 0 unspecified atom stereocenters. The zero-order valence-electron chi connectivity index (χ0n) is 16.1. The predicted octanol–water partition coefficient (Wildman–Crippen LogP) is 4.43. The normalized spacial score (nSPS) is 12.4. The summed E-state index contributed by atoms with van der Waals surface area (Å²) in [6.07, 6.45) is 0. The topological polar surface area (TPSA) is 72.5 Å². The van der Waals surface area contributed by atoms with Gasteiger partial charge < -0.3 is 9.47 Å². The van der Waals surface area contributed by atoms with Crippen molar-refractivity contribution in [2.75, 3.05) is 18.6 Å². The number of anilines is 1. The molecule has 0 atom stereocenters. The van der Waals surface area contributed by atoms with Gasteiger partial charge in [-0.15, -0.1) is 0 Å². The number of fused-ring (bicyclic) bond motifs is 2. The summed E-state index contributed by atoms with van der Waals surface area (Å²) in [4.78, 5) is 17.8. The molecule has 1 aliphatic rings. The first-order valence-corrected chi connectivity index (χ1v) is 9.69. The van der Waals surface area contributed by atoms with Gasteiger partial charge in [-0.3, -0.25) is 15.6 Å². The number of benzene rings is 3. The number of aromatic nitrogens is 1. The molecule has 1 aromatic heterocycles. The molecular formula is C24H19N3O3. The largest absolute Gasteiger partial charge is 0.486 e. The lowest BCUT2D eigenvalue weighted by molar-refractivity contribution is 0.0964. The van der Waals surface area contributed by atoms with Gasteiger partial charge in [-0.05, 0) is 42.5 Å². The van der Waals surface area contributed by atoms with Gasteiger partial charge in [-0.2, -0.15) is 0 Å². The summed E-state index contributed by atoms with van der Waals surface area (Å²) in [6, 6.07) is 24.6. The number of hydrogen-bond acceptors (Lipinski definition) is 5. The molecule has 0 aliphatic carbocycles. The van der Waals surface area contributed by atoms with Gasteiger partial charge in [0.2, 0.25) is 0 Å². The van der Waals surface area contributed by atoms with Crippen LogP contribution in [0.1, 0.15) is 10.4 Å². The maximum absolute atomic E-state index is 13.0. The molecule has 148 valence electrons. The van der Waals surface area contributed by atoms with Crippen LogP contribution in [0.5, 0.6) is 11.5 Å². The Morgan fingerprint density at radius 3 is 2.47 bits per heavy atom. The molecule has 2 N–H and O–H groups in total. The van der Waals surface area contributed by atoms with Gasteiger partial charge in [0.05, 0.1) is 22.5 Å². The van der Waals surface area contributed by atoms with E-state index in [4.69, 9.17) is 14.5 Å². The van der Waals surface area contributed by atoms with Gasteiger partial charge >= 0.3 is 0 Å². The first-order chi connectivity index (χ1) is 14.8. The molecule has 1 amide bonds. The SMILES string of the molecule is O=C(NNc1ccccc1)c1cc(-c2ccc3c(c2)OCCO3)nc2ccccc12. The molecule has 5 rings (SSSR count). The van der Waals surface area contributed by atoms with Crippen LogP contribution in [0.4, 0.5) is 5.69 Å². The van der Waals surface area contributed by atoms with Crippen molar-refractivity contribution in [3.63, 3.8) is 0 Å². The number of nitrogens with zero attached hydrogens (tertiary/aromatic N) is 1. The average molecular weight is 397 g/mol. The van der Waals surface area contributed by atoms with Crippen molar-refractivity contribution in [2.45, 2.75) is 0 Å². The lowest BCUT2D eigenvalue weighted by atomic mass is 10.0. The third-order valence-electron chi connectivity index (χ3n) is 4.89. The Labute approximate surface area is 173 Å². The molecule has 0 saturated carbocycles. The van der Waals surface area contributed by atoms with Crippen LogP contribution in [-0.2, 0) is 0 Å². The van der Waals surface area contributed by atoms with Crippen molar-refractivity contribution < 1.29 is 14.3 Å². The van der Waals surface area contributed by atoms with E-state index in [9.17, 15) is 4.79 Å². The maximum Gasteiger partial charge on any atom is 0.270 e. The van der Waals surface area contributed by atoms with Crippen LogP contribution >= 0.6 is 0 Å². The lowest BCUT2D eigenvalue weighted by Gasteiger charge is -2.19. The average Bonchev–Trinajstić information content (AvgIpc) is 2.82. The van der Waals surface area contributed by atoms with Gasteiger partial charge in [0.25, 0.3) is 5.91 Å². The summed E-state index contributed by atoms with van der Waals surface area (Å²) in [5, 5.41) is 0.783. The van der Waals surface area contributed by atoms with Crippen molar-refractivity contribution in [3.05, 3.63) is 84.4 Å². The summed E-state index contributed by atoms with van der Waals surface area (Å²) >= 11 is 0. The molecular weight excluding hydrogens is 378 g/mol. The zero-order chi connectivity index (χ0) is 20.3. The molecule has 4 aromatic rings. The van der Waals surface area contributed by atoms with Gasteiger partial charge in [0, 0.05) is 10.9 Å². The monoisotopic (exact) mass is 397 g/mol. The quantitative estimate of drug-likeness (QED) is 0.499. The first-order valence-electron chi connectivity index (χ1n) is 9.69. The Morgan fingerprint density at radius 1 is 0.833 bits per heavy atom. The van der Waals surface area contributed by atoms with E-state index in [0.29, 0.717) is 30.2 Å². The van der Waals surface area contributed by atoms with E-state index in [0.717, 1.165) is 27.9 Å². The number of rotatable bonds is 4. The first kappa shape index (κ1) is 18.0. The van der Waals surface area contributed by atoms with Crippen molar-refractivity contribution in [2.24, 2.45) is 0 Å². The summed E-state index contributed by atoms with van der Waals surface area (Å²) in [5.74, 6) is 1.16. The van der Waals surface area contributed by atoms with Gasteiger partial charge in [-0.25, -0.2) is 4.98 Å². The van der Waals surface area contributed by atoms with E-state index in [2.05, 4.69) is 10.9 Å². The highest BCUT2D eigenvalue weighted by Gasteiger charge is 2.17. The fourth-order valence-corrected chi connectivity index (χ4v) is 3.43. The van der Waals surface area contributed by atoms with Crippen LogP contribution in [0.15, 0.2) is 78.9 Å². The number of carbonyl (C=O) groups is 1. The van der Waals surface area contributed by atoms with Crippen molar-refractivity contribution in [3.8, 4) is 22.8 Å². The number of para-hydroxylation sites is 2. The molecule has 0 saturated heterocycles. The molecule has 30 heavy (non-hydrogen) atoms. The molecule has 0 radical (unpaired) electrons. The number of hydrazine groups is 1. The van der Waals surface area contributed by atoms with Gasteiger partial charge in [-0.1, -0.05) is 36.4 Å². The van der Waals surface area contributed by atoms with Crippen LogP contribution in [0.2, 0.25) is 0 Å². The minimum absolute atomic E-state index is 0.240. The second kappa shape index (κ2) is 7.75. The number of pyridine rings is 1. The Kier molecular flexibility index (Phi) is 4.65. The van der Waals surface area contributed by atoms with E-state index < -0.39 is 0 Å². The molecule has 6 nitrogen and oxygen atoms in total. The standard InChI is InChI=1S/C24H19N3O3/c28-24(27-26-17-6-2-1-3-7-17)19-15-21(25-20-9-5-4-8-18(19)20)16-10-11-22-23(14-16)30-13-12-29-22/h1-11,14-15,26H,12-13H2,(H,27,28). The Morgan fingerprint density at radius 2 is 1.60 bits per heavy atom. The van der Waals surface area contributed by atoms with E-state index >= 15 is 0 Å². The molecule has 0 spiro atoms. The van der Waals surface area contributed by atoms with E-state index in [1.54, 1.807) is 6.07 Å². The van der Waals surface area contributed by atoms with Crippen LogP contribution in [0, 0.1) is 0 Å². The second-order valence-corrected chi connectivity index (χ2v) is 6.88.